The normalized spacial score (nSPS) is 8.79. The number of hydrogen-bond acceptors (Lipinski definition) is 3. The lowest BCUT2D eigenvalue weighted by Crippen LogP contribution is -2.09. The van der Waals surface area contributed by atoms with Crippen LogP contribution in [0.15, 0.2) is 18.3 Å². The molecule has 5 heteroatoms. The Hall–Kier alpha value is -2.35. The quantitative estimate of drug-likeness (QED) is 0.659. The second-order valence-electron chi connectivity index (χ2n) is 2.33. The second kappa shape index (κ2) is 4.05. The largest absolute Gasteiger partial charge is 0.477 e. The van der Waals surface area contributed by atoms with Crippen LogP contribution in [-0.4, -0.2) is 22.0 Å². The molecule has 1 heterocycles. The van der Waals surface area contributed by atoms with E-state index in [1.165, 1.54) is 18.3 Å². The Morgan fingerprint density at radius 3 is 2.86 bits per heavy atom. The SMILES string of the molecule is C#CC(=O)Nc1ccnc(C(=O)O)c1. The minimum absolute atomic E-state index is 0.153. The lowest BCUT2D eigenvalue weighted by molar-refractivity contribution is -0.111. The molecule has 0 aliphatic rings. The highest BCUT2D eigenvalue weighted by Crippen LogP contribution is 2.07. The van der Waals surface area contributed by atoms with E-state index in [1.807, 2.05) is 5.92 Å². The fourth-order valence-corrected chi connectivity index (χ4v) is 0.792. The van der Waals surface area contributed by atoms with Gasteiger partial charge in [0.1, 0.15) is 5.69 Å². The van der Waals surface area contributed by atoms with E-state index in [0.29, 0.717) is 5.69 Å². The van der Waals surface area contributed by atoms with Gasteiger partial charge in [0.2, 0.25) is 0 Å². The molecule has 1 aromatic heterocycles. The molecule has 2 N–H and O–H groups in total. The molecule has 0 fully saturated rings. The van der Waals surface area contributed by atoms with Crippen LogP contribution in [0.2, 0.25) is 0 Å². The van der Waals surface area contributed by atoms with E-state index in [9.17, 15) is 9.59 Å². The van der Waals surface area contributed by atoms with Crippen LogP contribution < -0.4 is 5.32 Å². The van der Waals surface area contributed by atoms with Gasteiger partial charge in [0.25, 0.3) is 5.91 Å². The van der Waals surface area contributed by atoms with Gasteiger partial charge < -0.3 is 10.4 Å². The summed E-state index contributed by atoms with van der Waals surface area (Å²) >= 11 is 0. The van der Waals surface area contributed by atoms with Crippen molar-refractivity contribution in [1.29, 1.82) is 0 Å². The molecule has 70 valence electrons. The van der Waals surface area contributed by atoms with Crippen LogP contribution in [0.4, 0.5) is 5.69 Å². The molecule has 1 amide bonds. The van der Waals surface area contributed by atoms with Gasteiger partial charge in [-0.1, -0.05) is 0 Å². The molecule has 14 heavy (non-hydrogen) atoms. The summed E-state index contributed by atoms with van der Waals surface area (Å²) in [5.41, 5.74) is 0.153. The summed E-state index contributed by atoms with van der Waals surface area (Å²) in [6, 6.07) is 2.67. The molecular formula is C9H6N2O3. The number of nitrogens with zero attached hydrogens (tertiary/aromatic N) is 1. The Kier molecular flexibility index (Phi) is 2.82. The predicted octanol–water partition coefficient (Wildman–Crippen LogP) is 0.351. The molecule has 0 aliphatic heterocycles. The lowest BCUT2D eigenvalue weighted by atomic mass is 10.3. The van der Waals surface area contributed by atoms with Crippen LogP contribution in [0, 0.1) is 12.3 Å². The zero-order valence-electron chi connectivity index (χ0n) is 7.02. The molecule has 5 nitrogen and oxygen atoms in total. The number of carbonyl (C=O) groups is 2. The van der Waals surface area contributed by atoms with Crippen LogP contribution in [0.25, 0.3) is 0 Å². The standard InChI is InChI=1S/C9H6N2O3/c1-2-8(12)11-6-3-4-10-7(5-6)9(13)14/h1,3-5H,(H,13,14)(H,10,11,12). The van der Waals surface area contributed by atoms with Crippen molar-refractivity contribution in [1.82, 2.24) is 4.98 Å². The first-order valence-corrected chi connectivity index (χ1v) is 3.60. The van der Waals surface area contributed by atoms with Crippen LogP contribution in [0.1, 0.15) is 10.5 Å². The van der Waals surface area contributed by atoms with Gasteiger partial charge in [-0.15, -0.1) is 6.42 Å². The molecular weight excluding hydrogens is 184 g/mol. The van der Waals surface area contributed by atoms with Crippen molar-refractivity contribution in [3.05, 3.63) is 24.0 Å². The third kappa shape index (κ3) is 2.32. The fourth-order valence-electron chi connectivity index (χ4n) is 0.792. The van der Waals surface area contributed by atoms with Crippen LogP contribution in [-0.2, 0) is 4.79 Å². The molecule has 0 atom stereocenters. The Bertz CT molecular complexity index is 420. The molecule has 0 aliphatic carbocycles. The van der Waals surface area contributed by atoms with E-state index in [4.69, 9.17) is 11.5 Å². The summed E-state index contributed by atoms with van der Waals surface area (Å²) in [7, 11) is 0. The Morgan fingerprint density at radius 2 is 2.29 bits per heavy atom. The van der Waals surface area contributed by atoms with E-state index in [1.54, 1.807) is 0 Å². The third-order valence-electron chi connectivity index (χ3n) is 1.37. The monoisotopic (exact) mass is 190 g/mol. The number of hydrogen-bond donors (Lipinski definition) is 2. The number of nitrogens with one attached hydrogen (secondary N) is 1. The van der Waals surface area contributed by atoms with Crippen molar-refractivity contribution in [2.24, 2.45) is 0 Å². The Balaban J connectivity index is 2.90. The number of amides is 1. The summed E-state index contributed by atoms with van der Waals surface area (Å²) in [5.74, 6) is 0.0474. The highest BCUT2D eigenvalue weighted by molar-refractivity contribution is 6.03. The molecule has 0 spiro atoms. The van der Waals surface area contributed by atoms with Crippen molar-refractivity contribution in [3.63, 3.8) is 0 Å². The summed E-state index contributed by atoms with van der Waals surface area (Å²) in [6.07, 6.45) is 6.10. The second-order valence-corrected chi connectivity index (χ2v) is 2.33. The molecule has 1 rings (SSSR count). The van der Waals surface area contributed by atoms with Crippen molar-refractivity contribution >= 4 is 17.6 Å². The van der Waals surface area contributed by atoms with Crippen LogP contribution >= 0.6 is 0 Å². The van der Waals surface area contributed by atoms with Gasteiger partial charge in [-0.05, 0) is 18.1 Å². The van der Waals surface area contributed by atoms with Gasteiger partial charge >= 0.3 is 5.97 Å². The van der Waals surface area contributed by atoms with Gasteiger partial charge in [0.05, 0.1) is 0 Å². The van der Waals surface area contributed by atoms with E-state index < -0.39 is 11.9 Å². The topological polar surface area (TPSA) is 79.3 Å². The number of aromatic nitrogens is 1. The third-order valence-corrected chi connectivity index (χ3v) is 1.37. The van der Waals surface area contributed by atoms with Crippen molar-refractivity contribution in [3.8, 4) is 12.3 Å². The molecule has 0 saturated heterocycles. The van der Waals surface area contributed by atoms with Gasteiger partial charge in [-0.3, -0.25) is 4.79 Å². The van der Waals surface area contributed by atoms with Gasteiger partial charge in [0, 0.05) is 11.9 Å². The fraction of sp³-hybridized carbons (Fsp3) is 0. The van der Waals surface area contributed by atoms with E-state index in [-0.39, 0.29) is 5.69 Å². The molecule has 0 unspecified atom stereocenters. The van der Waals surface area contributed by atoms with Crippen LogP contribution in [0.5, 0.6) is 0 Å². The van der Waals surface area contributed by atoms with Gasteiger partial charge in [0.15, 0.2) is 0 Å². The maximum absolute atomic E-state index is 10.7. The average molecular weight is 190 g/mol. The highest BCUT2D eigenvalue weighted by Gasteiger charge is 2.05. The lowest BCUT2D eigenvalue weighted by Gasteiger charge is -2.00. The summed E-state index contributed by atoms with van der Waals surface area (Å²) in [5, 5.41) is 10.9. The summed E-state index contributed by atoms with van der Waals surface area (Å²) < 4.78 is 0. The number of pyridine rings is 1. The summed E-state index contributed by atoms with van der Waals surface area (Å²) in [4.78, 5) is 24.8. The van der Waals surface area contributed by atoms with Gasteiger partial charge in [-0.25, -0.2) is 9.78 Å². The zero-order chi connectivity index (χ0) is 10.6. The number of anilines is 1. The first-order valence-electron chi connectivity index (χ1n) is 3.60. The average Bonchev–Trinajstić information content (AvgIpc) is 2.18. The molecule has 0 bridgehead atoms. The number of carbonyl (C=O) groups excluding carboxylic acids is 1. The van der Waals surface area contributed by atoms with Crippen molar-refractivity contribution < 1.29 is 14.7 Å². The first kappa shape index (κ1) is 9.74. The predicted molar refractivity (Wildman–Crippen MR) is 48.7 cm³/mol. The number of aromatic carboxylic acids is 1. The van der Waals surface area contributed by atoms with Crippen molar-refractivity contribution in [2.75, 3.05) is 5.32 Å². The van der Waals surface area contributed by atoms with Gasteiger partial charge in [-0.2, -0.15) is 0 Å². The highest BCUT2D eigenvalue weighted by atomic mass is 16.4. The van der Waals surface area contributed by atoms with E-state index in [2.05, 4.69) is 10.3 Å². The zero-order valence-corrected chi connectivity index (χ0v) is 7.02. The molecule has 0 radical (unpaired) electrons. The number of terminal acetylenes is 1. The number of carboxylic acid groups (broad SMARTS) is 1. The number of rotatable bonds is 2. The minimum atomic E-state index is -1.16. The van der Waals surface area contributed by atoms with E-state index >= 15 is 0 Å². The molecule has 1 aromatic rings. The Morgan fingerprint density at radius 1 is 1.57 bits per heavy atom. The maximum Gasteiger partial charge on any atom is 0.354 e. The molecule has 0 saturated carbocycles. The first-order chi connectivity index (χ1) is 6.63. The minimum Gasteiger partial charge on any atom is -0.477 e. The smallest absolute Gasteiger partial charge is 0.354 e. The number of carboxylic acids is 1. The Labute approximate surface area is 79.8 Å². The van der Waals surface area contributed by atoms with E-state index in [0.717, 1.165) is 0 Å². The maximum atomic E-state index is 10.7. The van der Waals surface area contributed by atoms with Crippen LogP contribution in [0.3, 0.4) is 0 Å². The van der Waals surface area contributed by atoms with Crippen molar-refractivity contribution in [2.45, 2.75) is 0 Å². The molecule has 0 aromatic carbocycles. The summed E-state index contributed by atoms with van der Waals surface area (Å²) in [6.45, 7) is 0.